The molecule has 46 valence electrons. The molecule has 0 aliphatic rings. The lowest BCUT2D eigenvalue weighted by molar-refractivity contribution is 0.849. The Morgan fingerprint density at radius 1 is 1.62 bits per heavy atom. The van der Waals surface area contributed by atoms with E-state index in [4.69, 9.17) is 5.26 Å². The van der Waals surface area contributed by atoms with Crippen LogP contribution in [0.2, 0.25) is 0 Å². The molecule has 0 spiro atoms. The first-order chi connectivity index (χ1) is 3.68. The molecule has 0 saturated heterocycles. The summed E-state index contributed by atoms with van der Waals surface area (Å²) in [5.74, 6) is 0.190. The summed E-state index contributed by atoms with van der Waals surface area (Å²) in [4.78, 5) is 0. The van der Waals surface area contributed by atoms with E-state index in [0.29, 0.717) is 0 Å². The molecule has 1 heteroatoms. The molecule has 0 bridgehead atoms. The van der Waals surface area contributed by atoms with Crippen LogP contribution in [0.4, 0.5) is 0 Å². The fourth-order valence-corrected chi connectivity index (χ4v) is 0. The van der Waals surface area contributed by atoms with Crippen LogP contribution in [-0.2, 0) is 0 Å². The van der Waals surface area contributed by atoms with Gasteiger partial charge < -0.3 is 0 Å². The van der Waals surface area contributed by atoms with Crippen LogP contribution >= 0.6 is 0 Å². The zero-order valence-corrected chi connectivity index (χ0v) is 5.81. The standard InChI is InChI=1S/C4H7N.C3H6/c1-4(2)3-5;1-3-2/h4H,1-2H3;3H,1H2,2H3. The lowest BCUT2D eigenvalue weighted by Crippen LogP contribution is -1.72. The van der Waals surface area contributed by atoms with Crippen LogP contribution in [0, 0.1) is 17.2 Å². The summed E-state index contributed by atoms with van der Waals surface area (Å²) in [5.41, 5.74) is 0. The van der Waals surface area contributed by atoms with E-state index < -0.39 is 0 Å². The van der Waals surface area contributed by atoms with E-state index in [2.05, 4.69) is 6.58 Å². The minimum Gasteiger partial charge on any atom is -0.198 e. The van der Waals surface area contributed by atoms with Gasteiger partial charge in [0.2, 0.25) is 0 Å². The fraction of sp³-hybridized carbons (Fsp3) is 0.571. The van der Waals surface area contributed by atoms with Gasteiger partial charge in [-0.3, -0.25) is 0 Å². The molecule has 0 saturated carbocycles. The van der Waals surface area contributed by atoms with E-state index in [1.54, 1.807) is 6.08 Å². The first-order valence-electron chi connectivity index (χ1n) is 2.65. The quantitative estimate of drug-likeness (QED) is 0.440. The zero-order valence-electron chi connectivity index (χ0n) is 5.81. The summed E-state index contributed by atoms with van der Waals surface area (Å²) >= 11 is 0. The SMILES string of the molecule is C=CC.CC(C)C#N. The van der Waals surface area contributed by atoms with Crippen molar-refractivity contribution in [2.24, 2.45) is 5.92 Å². The van der Waals surface area contributed by atoms with Gasteiger partial charge in [0.05, 0.1) is 6.07 Å². The van der Waals surface area contributed by atoms with E-state index in [1.807, 2.05) is 26.8 Å². The average Bonchev–Trinajstić information content (AvgIpc) is 1.69. The number of nitrogens with zero attached hydrogens (tertiary/aromatic N) is 1. The Labute approximate surface area is 51.6 Å². The maximum atomic E-state index is 7.89. The highest BCUT2D eigenvalue weighted by Crippen LogP contribution is 1.81. The Kier molecular flexibility index (Phi) is 12.2. The topological polar surface area (TPSA) is 23.8 Å². The molecule has 0 unspecified atom stereocenters. The summed E-state index contributed by atoms with van der Waals surface area (Å²) in [6.45, 7) is 8.97. The van der Waals surface area contributed by atoms with Crippen molar-refractivity contribution >= 4 is 0 Å². The fourth-order valence-electron chi connectivity index (χ4n) is 0. The van der Waals surface area contributed by atoms with Gasteiger partial charge in [0.15, 0.2) is 0 Å². The molecule has 1 nitrogen and oxygen atoms in total. The molecular formula is C7H13N. The van der Waals surface area contributed by atoms with Crippen molar-refractivity contribution in [3.05, 3.63) is 12.7 Å². The predicted octanol–water partition coefficient (Wildman–Crippen LogP) is 2.36. The Morgan fingerprint density at radius 3 is 1.75 bits per heavy atom. The van der Waals surface area contributed by atoms with Crippen LogP contribution < -0.4 is 0 Å². The van der Waals surface area contributed by atoms with Gasteiger partial charge in [-0.15, -0.1) is 6.58 Å². The van der Waals surface area contributed by atoms with Crippen molar-refractivity contribution in [3.8, 4) is 6.07 Å². The molecule has 0 atom stereocenters. The number of allylic oxidation sites excluding steroid dienone is 1. The second-order valence-electron chi connectivity index (χ2n) is 1.69. The summed E-state index contributed by atoms with van der Waals surface area (Å²) in [6, 6.07) is 2.03. The van der Waals surface area contributed by atoms with Gasteiger partial charge in [-0.05, 0) is 20.8 Å². The molecule has 0 heterocycles. The van der Waals surface area contributed by atoms with Gasteiger partial charge in [0.1, 0.15) is 0 Å². The van der Waals surface area contributed by atoms with Crippen molar-refractivity contribution in [1.82, 2.24) is 0 Å². The minimum atomic E-state index is 0.190. The van der Waals surface area contributed by atoms with Crippen LogP contribution in [-0.4, -0.2) is 0 Å². The Morgan fingerprint density at radius 2 is 1.75 bits per heavy atom. The van der Waals surface area contributed by atoms with Gasteiger partial charge in [0.25, 0.3) is 0 Å². The van der Waals surface area contributed by atoms with E-state index in [0.717, 1.165) is 0 Å². The van der Waals surface area contributed by atoms with Crippen molar-refractivity contribution in [3.63, 3.8) is 0 Å². The maximum absolute atomic E-state index is 7.89. The van der Waals surface area contributed by atoms with Gasteiger partial charge >= 0.3 is 0 Å². The van der Waals surface area contributed by atoms with E-state index in [-0.39, 0.29) is 5.92 Å². The smallest absolute Gasteiger partial charge is 0.0649 e. The summed E-state index contributed by atoms with van der Waals surface area (Å²) < 4.78 is 0. The van der Waals surface area contributed by atoms with Crippen LogP contribution in [0.1, 0.15) is 20.8 Å². The van der Waals surface area contributed by atoms with Gasteiger partial charge in [-0.1, -0.05) is 6.08 Å². The molecule has 0 aromatic carbocycles. The molecular weight excluding hydrogens is 98.1 g/mol. The molecule has 0 amide bonds. The third-order valence-electron chi connectivity index (χ3n) is 0.258. The summed E-state index contributed by atoms with van der Waals surface area (Å²) in [7, 11) is 0. The Balaban J connectivity index is 0. The second-order valence-corrected chi connectivity index (χ2v) is 1.69. The number of nitriles is 1. The Hall–Kier alpha value is -0.770. The summed E-state index contributed by atoms with van der Waals surface area (Å²) in [6.07, 6.45) is 1.75. The molecule has 0 aromatic rings. The highest BCUT2D eigenvalue weighted by molar-refractivity contribution is 4.72. The maximum Gasteiger partial charge on any atom is 0.0649 e. The summed E-state index contributed by atoms with van der Waals surface area (Å²) in [5, 5.41) is 7.89. The van der Waals surface area contributed by atoms with Crippen molar-refractivity contribution in [2.75, 3.05) is 0 Å². The first kappa shape index (κ1) is 10.3. The second kappa shape index (κ2) is 9.52. The van der Waals surface area contributed by atoms with Crippen molar-refractivity contribution in [1.29, 1.82) is 5.26 Å². The van der Waals surface area contributed by atoms with Crippen LogP contribution in [0.25, 0.3) is 0 Å². The van der Waals surface area contributed by atoms with Crippen molar-refractivity contribution < 1.29 is 0 Å². The molecule has 0 N–H and O–H groups in total. The normalized spacial score (nSPS) is 6.38. The molecule has 0 rings (SSSR count). The van der Waals surface area contributed by atoms with E-state index in [1.165, 1.54) is 0 Å². The third-order valence-corrected chi connectivity index (χ3v) is 0.258. The highest BCUT2D eigenvalue weighted by atomic mass is 14.2. The minimum absolute atomic E-state index is 0.190. The van der Waals surface area contributed by atoms with Crippen LogP contribution in [0.15, 0.2) is 12.7 Å². The van der Waals surface area contributed by atoms with Gasteiger partial charge in [0, 0.05) is 5.92 Å². The molecule has 0 aliphatic carbocycles. The molecule has 0 fully saturated rings. The van der Waals surface area contributed by atoms with E-state index >= 15 is 0 Å². The van der Waals surface area contributed by atoms with E-state index in [9.17, 15) is 0 Å². The zero-order chi connectivity index (χ0) is 6.99. The highest BCUT2D eigenvalue weighted by Gasteiger charge is 1.78. The van der Waals surface area contributed by atoms with Crippen LogP contribution in [0.5, 0.6) is 0 Å². The molecule has 8 heavy (non-hydrogen) atoms. The average molecular weight is 111 g/mol. The number of rotatable bonds is 0. The van der Waals surface area contributed by atoms with Crippen LogP contribution in [0.3, 0.4) is 0 Å². The number of hydrogen-bond donors (Lipinski definition) is 0. The van der Waals surface area contributed by atoms with Crippen molar-refractivity contribution in [2.45, 2.75) is 20.8 Å². The lowest BCUT2D eigenvalue weighted by atomic mass is 10.3. The van der Waals surface area contributed by atoms with Gasteiger partial charge in [-0.2, -0.15) is 5.26 Å². The lowest BCUT2D eigenvalue weighted by Gasteiger charge is -1.75. The first-order valence-corrected chi connectivity index (χ1v) is 2.65. The third kappa shape index (κ3) is 61.9. The molecule has 0 aromatic heterocycles. The monoisotopic (exact) mass is 111 g/mol. The molecule has 0 aliphatic heterocycles. The molecule has 0 radical (unpaired) electrons. The predicted molar refractivity (Wildman–Crippen MR) is 36.3 cm³/mol. The Bertz CT molecular complexity index is 76.9. The largest absolute Gasteiger partial charge is 0.198 e. The van der Waals surface area contributed by atoms with Gasteiger partial charge in [-0.25, -0.2) is 0 Å². The number of hydrogen-bond acceptors (Lipinski definition) is 1.